The molecule has 0 aliphatic carbocycles. The molecule has 0 fully saturated rings. The molecule has 5 heteroatoms. The van der Waals surface area contributed by atoms with Crippen molar-refractivity contribution in [1.82, 2.24) is 0 Å². The van der Waals surface area contributed by atoms with E-state index in [1.54, 1.807) is 31.4 Å². The van der Waals surface area contributed by atoms with Crippen LogP contribution in [0.5, 0.6) is 5.75 Å². The van der Waals surface area contributed by atoms with Crippen LogP contribution in [-0.2, 0) is 11.2 Å². The monoisotopic (exact) mass is 385 g/mol. The van der Waals surface area contributed by atoms with Gasteiger partial charge in [0.05, 0.1) is 24.5 Å². The number of carbonyl (C=O) groups is 1. The number of amides is 1. The second-order valence-corrected chi connectivity index (χ2v) is 6.60. The number of hydrogen-bond acceptors (Lipinski definition) is 4. The van der Waals surface area contributed by atoms with Gasteiger partial charge in [-0.15, -0.1) is 0 Å². The highest BCUT2D eigenvalue weighted by Gasteiger charge is 2.12. The predicted molar refractivity (Wildman–Crippen MR) is 113 cm³/mol. The van der Waals surface area contributed by atoms with Gasteiger partial charge in [-0.25, -0.2) is 0 Å². The zero-order valence-corrected chi connectivity index (χ0v) is 15.8. The highest BCUT2D eigenvalue weighted by molar-refractivity contribution is 5.94. The van der Waals surface area contributed by atoms with Gasteiger partial charge < -0.3 is 14.5 Å². The summed E-state index contributed by atoms with van der Waals surface area (Å²) < 4.78 is 11.3. The van der Waals surface area contributed by atoms with Crippen molar-refractivity contribution in [2.24, 2.45) is 0 Å². The van der Waals surface area contributed by atoms with Crippen molar-refractivity contribution in [3.05, 3.63) is 94.6 Å². The molecule has 0 unspecified atom stereocenters. The minimum atomic E-state index is -0.158. The minimum absolute atomic E-state index is 0.140. The number of benzene rings is 3. The van der Waals surface area contributed by atoms with Gasteiger partial charge in [-0.2, -0.15) is 0 Å². The normalized spacial score (nSPS) is 10.7. The zero-order valence-electron chi connectivity index (χ0n) is 15.8. The first-order valence-corrected chi connectivity index (χ1v) is 9.19. The molecule has 0 aliphatic heterocycles. The summed E-state index contributed by atoms with van der Waals surface area (Å²) in [6.45, 7) is 0. The summed E-state index contributed by atoms with van der Waals surface area (Å²) in [5.74, 6) is 0.883. The van der Waals surface area contributed by atoms with Gasteiger partial charge in [0.2, 0.25) is 5.91 Å². The van der Waals surface area contributed by atoms with Crippen LogP contribution in [0.4, 0.5) is 5.69 Å². The van der Waals surface area contributed by atoms with Crippen LogP contribution in [0.3, 0.4) is 0 Å². The lowest BCUT2D eigenvalue weighted by atomic mass is 10.1. The maximum absolute atomic E-state index is 12.6. The molecule has 1 amide bonds. The maximum atomic E-state index is 12.6. The van der Waals surface area contributed by atoms with E-state index in [2.05, 4.69) is 5.32 Å². The molecule has 0 radical (unpaired) electrons. The van der Waals surface area contributed by atoms with Gasteiger partial charge in [0.15, 0.2) is 5.43 Å². The van der Waals surface area contributed by atoms with Crippen molar-refractivity contribution < 1.29 is 13.9 Å². The zero-order chi connectivity index (χ0) is 20.2. The number of ether oxygens (including phenoxy) is 1. The van der Waals surface area contributed by atoms with Crippen molar-refractivity contribution in [2.45, 2.75) is 6.42 Å². The predicted octanol–water partition coefficient (Wildman–Crippen LogP) is 4.65. The number of hydrogen-bond donors (Lipinski definition) is 1. The number of rotatable bonds is 5. The van der Waals surface area contributed by atoms with Crippen LogP contribution >= 0.6 is 0 Å². The van der Waals surface area contributed by atoms with Crippen LogP contribution < -0.4 is 15.5 Å². The van der Waals surface area contributed by atoms with E-state index in [9.17, 15) is 9.59 Å². The summed E-state index contributed by atoms with van der Waals surface area (Å²) in [4.78, 5) is 24.9. The molecule has 0 spiro atoms. The highest BCUT2D eigenvalue weighted by Crippen LogP contribution is 2.31. The van der Waals surface area contributed by atoms with E-state index in [1.165, 1.54) is 6.07 Å². The Bertz CT molecular complexity index is 1230. The largest absolute Gasteiger partial charge is 0.496 e. The molecule has 4 aromatic rings. The second kappa shape index (κ2) is 8.02. The lowest BCUT2D eigenvalue weighted by Crippen LogP contribution is -2.14. The number of fused-ring (bicyclic) bond motifs is 1. The summed E-state index contributed by atoms with van der Waals surface area (Å²) in [7, 11) is 1.57. The Balaban J connectivity index is 1.66. The van der Waals surface area contributed by atoms with Crippen molar-refractivity contribution >= 4 is 22.6 Å². The molecule has 0 saturated heterocycles. The summed E-state index contributed by atoms with van der Waals surface area (Å²) >= 11 is 0. The SMILES string of the molecule is COc1ccccc1-c1cc(=O)c2ccc(NC(=O)Cc3ccccc3)cc2o1. The summed E-state index contributed by atoms with van der Waals surface area (Å²) in [5.41, 5.74) is 2.42. The van der Waals surface area contributed by atoms with Gasteiger partial charge in [0, 0.05) is 17.8 Å². The maximum Gasteiger partial charge on any atom is 0.228 e. The first-order valence-electron chi connectivity index (χ1n) is 9.19. The summed E-state index contributed by atoms with van der Waals surface area (Å²) in [5, 5.41) is 3.31. The van der Waals surface area contributed by atoms with E-state index >= 15 is 0 Å². The fourth-order valence-electron chi connectivity index (χ4n) is 3.20. The van der Waals surface area contributed by atoms with E-state index in [1.807, 2.05) is 48.5 Å². The van der Waals surface area contributed by atoms with Crippen LogP contribution in [0, 0.1) is 0 Å². The quantitative estimate of drug-likeness (QED) is 0.543. The molecule has 4 rings (SSSR count). The number of carbonyl (C=O) groups excluding carboxylic acids is 1. The third-order valence-corrected chi connectivity index (χ3v) is 4.59. The van der Waals surface area contributed by atoms with Gasteiger partial charge in [-0.1, -0.05) is 42.5 Å². The Labute approximate surface area is 167 Å². The molecular weight excluding hydrogens is 366 g/mol. The van der Waals surface area contributed by atoms with Crippen LogP contribution in [0.25, 0.3) is 22.3 Å². The van der Waals surface area contributed by atoms with E-state index in [0.29, 0.717) is 33.7 Å². The summed E-state index contributed by atoms with van der Waals surface area (Å²) in [6, 6.07) is 23.3. The molecule has 0 aliphatic rings. The minimum Gasteiger partial charge on any atom is -0.496 e. The first-order chi connectivity index (χ1) is 14.1. The molecule has 1 N–H and O–H groups in total. The molecule has 5 nitrogen and oxygen atoms in total. The highest BCUT2D eigenvalue weighted by atomic mass is 16.5. The summed E-state index contributed by atoms with van der Waals surface area (Å²) in [6.07, 6.45) is 0.268. The van der Waals surface area contributed by atoms with Gasteiger partial charge in [0.25, 0.3) is 0 Å². The second-order valence-electron chi connectivity index (χ2n) is 6.60. The fourth-order valence-corrected chi connectivity index (χ4v) is 3.20. The number of nitrogens with one attached hydrogen (secondary N) is 1. The van der Waals surface area contributed by atoms with E-state index in [4.69, 9.17) is 9.15 Å². The van der Waals surface area contributed by atoms with Crippen LogP contribution in [0.2, 0.25) is 0 Å². The van der Waals surface area contributed by atoms with Crippen molar-refractivity contribution in [1.29, 1.82) is 0 Å². The first kappa shape index (κ1) is 18.5. The third-order valence-electron chi connectivity index (χ3n) is 4.59. The Hall–Kier alpha value is -3.86. The van der Waals surface area contributed by atoms with Gasteiger partial charge in [0.1, 0.15) is 17.1 Å². The molecule has 1 aromatic heterocycles. The van der Waals surface area contributed by atoms with Crippen molar-refractivity contribution in [2.75, 3.05) is 12.4 Å². The third kappa shape index (κ3) is 4.04. The molecule has 3 aromatic carbocycles. The molecular formula is C24H19NO4. The Kier molecular flexibility index (Phi) is 5.12. The molecule has 0 saturated carbocycles. The molecule has 1 heterocycles. The van der Waals surface area contributed by atoms with Crippen molar-refractivity contribution in [3.63, 3.8) is 0 Å². The molecule has 144 valence electrons. The average Bonchev–Trinajstić information content (AvgIpc) is 2.74. The smallest absolute Gasteiger partial charge is 0.228 e. The Morgan fingerprint density at radius 1 is 0.966 bits per heavy atom. The van der Waals surface area contributed by atoms with Crippen LogP contribution in [-0.4, -0.2) is 13.0 Å². The average molecular weight is 385 g/mol. The van der Waals surface area contributed by atoms with Gasteiger partial charge in [-0.3, -0.25) is 9.59 Å². The number of para-hydroxylation sites is 1. The molecule has 0 bridgehead atoms. The fraction of sp³-hybridized carbons (Fsp3) is 0.0833. The van der Waals surface area contributed by atoms with E-state index < -0.39 is 0 Å². The van der Waals surface area contributed by atoms with Gasteiger partial charge >= 0.3 is 0 Å². The van der Waals surface area contributed by atoms with Crippen LogP contribution in [0.15, 0.2) is 88.1 Å². The number of methoxy groups -OCH3 is 1. The molecule has 0 atom stereocenters. The lowest BCUT2D eigenvalue weighted by Gasteiger charge is -2.09. The van der Waals surface area contributed by atoms with Crippen molar-refractivity contribution in [3.8, 4) is 17.1 Å². The van der Waals surface area contributed by atoms with E-state index in [-0.39, 0.29) is 17.8 Å². The Morgan fingerprint density at radius 3 is 2.52 bits per heavy atom. The molecule has 29 heavy (non-hydrogen) atoms. The van der Waals surface area contributed by atoms with Crippen LogP contribution in [0.1, 0.15) is 5.56 Å². The van der Waals surface area contributed by atoms with Gasteiger partial charge in [-0.05, 0) is 29.8 Å². The topological polar surface area (TPSA) is 68.5 Å². The Morgan fingerprint density at radius 2 is 1.72 bits per heavy atom. The lowest BCUT2D eigenvalue weighted by molar-refractivity contribution is -0.115. The van der Waals surface area contributed by atoms with E-state index in [0.717, 1.165) is 5.56 Å². The standard InChI is InChI=1S/C24H19NO4/c1-28-21-10-6-5-9-19(21)23-15-20(26)18-12-11-17(14-22(18)29-23)25-24(27)13-16-7-3-2-4-8-16/h2-12,14-15H,13H2,1H3,(H,25,27). The number of anilines is 1.